The highest BCUT2D eigenvalue weighted by atomic mass is 28.4. The third-order valence-electron chi connectivity index (χ3n) is 3.26. The van der Waals surface area contributed by atoms with Crippen LogP contribution >= 0.6 is 0 Å². The predicted octanol–water partition coefficient (Wildman–Crippen LogP) is 3.91. The van der Waals surface area contributed by atoms with Gasteiger partial charge in [0.2, 0.25) is 0 Å². The van der Waals surface area contributed by atoms with Gasteiger partial charge in [0, 0.05) is 11.5 Å². The Bertz CT molecular complexity index is 272. The average Bonchev–Trinajstić information content (AvgIpc) is 2.26. The standard InChI is InChI=1S/C12H24O2Si/c1-11(2,3)15(6,7)14-10-8-12(4,5)9-13-10/h8H,9H2,1-7H3. The Kier molecular flexibility index (Phi) is 2.98. The van der Waals surface area contributed by atoms with Crippen molar-refractivity contribution in [3.63, 3.8) is 0 Å². The first-order valence-electron chi connectivity index (χ1n) is 5.58. The first kappa shape index (κ1) is 12.6. The molecular formula is C12H24O2Si. The molecular weight excluding hydrogens is 204 g/mol. The van der Waals surface area contributed by atoms with E-state index >= 15 is 0 Å². The van der Waals surface area contributed by atoms with E-state index in [9.17, 15) is 0 Å². The molecule has 0 aliphatic carbocycles. The molecule has 1 heterocycles. The van der Waals surface area contributed by atoms with Gasteiger partial charge in [0.25, 0.3) is 14.3 Å². The zero-order chi connectivity index (χ0) is 11.9. The van der Waals surface area contributed by atoms with Crippen LogP contribution < -0.4 is 0 Å². The first-order valence-corrected chi connectivity index (χ1v) is 8.49. The topological polar surface area (TPSA) is 18.5 Å². The van der Waals surface area contributed by atoms with Gasteiger partial charge in [-0.15, -0.1) is 0 Å². The molecule has 0 saturated heterocycles. The van der Waals surface area contributed by atoms with Crippen molar-refractivity contribution in [1.82, 2.24) is 0 Å². The van der Waals surface area contributed by atoms with Crippen molar-refractivity contribution in [3.8, 4) is 0 Å². The minimum atomic E-state index is -1.73. The van der Waals surface area contributed by atoms with Crippen LogP contribution in [0.4, 0.5) is 0 Å². The van der Waals surface area contributed by atoms with E-state index in [0.717, 1.165) is 12.6 Å². The van der Waals surface area contributed by atoms with Gasteiger partial charge in [0.05, 0.1) is 0 Å². The lowest BCUT2D eigenvalue weighted by Gasteiger charge is -2.36. The summed E-state index contributed by atoms with van der Waals surface area (Å²) in [5, 5.41) is 0.226. The molecule has 0 saturated carbocycles. The number of ether oxygens (including phenoxy) is 1. The summed E-state index contributed by atoms with van der Waals surface area (Å²) >= 11 is 0. The van der Waals surface area contributed by atoms with E-state index in [1.807, 2.05) is 0 Å². The summed E-state index contributed by atoms with van der Waals surface area (Å²) in [5.74, 6) is 0.742. The quantitative estimate of drug-likeness (QED) is 0.667. The highest BCUT2D eigenvalue weighted by molar-refractivity contribution is 6.74. The fraction of sp³-hybridized carbons (Fsp3) is 0.833. The molecule has 0 bridgehead atoms. The largest absolute Gasteiger partial charge is 0.519 e. The highest BCUT2D eigenvalue weighted by Gasteiger charge is 2.41. The molecule has 0 amide bonds. The van der Waals surface area contributed by atoms with Gasteiger partial charge in [-0.25, -0.2) is 0 Å². The summed E-state index contributed by atoms with van der Waals surface area (Å²) in [6.45, 7) is 16.2. The minimum Gasteiger partial charge on any atom is -0.519 e. The Morgan fingerprint density at radius 2 is 1.87 bits per heavy atom. The molecule has 2 nitrogen and oxygen atoms in total. The normalized spacial score (nSPS) is 20.9. The highest BCUT2D eigenvalue weighted by Crippen LogP contribution is 2.40. The van der Waals surface area contributed by atoms with E-state index in [1.165, 1.54) is 0 Å². The van der Waals surface area contributed by atoms with Crippen molar-refractivity contribution >= 4 is 8.32 Å². The molecule has 0 N–H and O–H groups in total. The molecule has 15 heavy (non-hydrogen) atoms. The number of rotatable bonds is 2. The fourth-order valence-electron chi connectivity index (χ4n) is 1.12. The molecule has 1 aliphatic heterocycles. The van der Waals surface area contributed by atoms with Crippen LogP contribution in [0.5, 0.6) is 0 Å². The Labute approximate surface area is 94.8 Å². The Hall–Kier alpha value is -0.443. The van der Waals surface area contributed by atoms with E-state index in [2.05, 4.69) is 53.8 Å². The molecule has 0 aromatic rings. The van der Waals surface area contributed by atoms with Crippen LogP contribution in [0, 0.1) is 5.41 Å². The molecule has 0 unspecified atom stereocenters. The van der Waals surface area contributed by atoms with Gasteiger partial charge in [0.15, 0.2) is 0 Å². The van der Waals surface area contributed by atoms with Crippen LogP contribution in [0.2, 0.25) is 18.1 Å². The van der Waals surface area contributed by atoms with Crippen molar-refractivity contribution in [3.05, 3.63) is 12.0 Å². The first-order chi connectivity index (χ1) is 6.54. The summed E-state index contributed by atoms with van der Waals surface area (Å²) in [5.41, 5.74) is 0.123. The van der Waals surface area contributed by atoms with Gasteiger partial charge >= 0.3 is 0 Å². The molecule has 0 aromatic carbocycles. The lowest BCUT2D eigenvalue weighted by atomic mass is 9.97. The monoisotopic (exact) mass is 228 g/mol. The molecule has 0 aromatic heterocycles. The molecule has 0 spiro atoms. The van der Waals surface area contributed by atoms with Crippen LogP contribution in [-0.2, 0) is 9.16 Å². The Morgan fingerprint density at radius 3 is 2.20 bits per heavy atom. The molecule has 1 aliphatic rings. The van der Waals surface area contributed by atoms with Crippen LogP contribution in [0.25, 0.3) is 0 Å². The molecule has 0 radical (unpaired) electrons. The third-order valence-corrected chi connectivity index (χ3v) is 7.58. The molecule has 3 heteroatoms. The molecule has 0 fully saturated rings. The maximum Gasteiger partial charge on any atom is 0.261 e. The van der Waals surface area contributed by atoms with Crippen molar-refractivity contribution < 1.29 is 9.16 Å². The smallest absolute Gasteiger partial charge is 0.261 e. The van der Waals surface area contributed by atoms with Crippen molar-refractivity contribution in [2.24, 2.45) is 5.41 Å². The van der Waals surface area contributed by atoms with Crippen molar-refractivity contribution in [2.75, 3.05) is 6.61 Å². The summed E-state index contributed by atoms with van der Waals surface area (Å²) < 4.78 is 11.6. The fourth-order valence-corrected chi connectivity index (χ4v) is 2.05. The van der Waals surface area contributed by atoms with Crippen molar-refractivity contribution in [1.29, 1.82) is 0 Å². The summed E-state index contributed by atoms with van der Waals surface area (Å²) in [6.07, 6.45) is 2.10. The van der Waals surface area contributed by atoms with Crippen LogP contribution in [0.3, 0.4) is 0 Å². The SMILES string of the molecule is CC1(C)C=C(O[Si](C)(C)C(C)(C)C)OC1. The predicted molar refractivity (Wildman–Crippen MR) is 66.1 cm³/mol. The van der Waals surface area contributed by atoms with Crippen molar-refractivity contribution in [2.45, 2.75) is 52.8 Å². The van der Waals surface area contributed by atoms with E-state index in [0.29, 0.717) is 0 Å². The van der Waals surface area contributed by atoms with Crippen LogP contribution in [-0.4, -0.2) is 14.9 Å². The van der Waals surface area contributed by atoms with Gasteiger partial charge in [-0.3, -0.25) is 0 Å². The van der Waals surface area contributed by atoms with E-state index in [1.54, 1.807) is 0 Å². The van der Waals surface area contributed by atoms with Crippen LogP contribution in [0.1, 0.15) is 34.6 Å². The Balaban J connectivity index is 2.72. The summed E-state index contributed by atoms with van der Waals surface area (Å²) in [4.78, 5) is 0. The van der Waals surface area contributed by atoms with Gasteiger partial charge in [-0.2, -0.15) is 0 Å². The summed E-state index contributed by atoms with van der Waals surface area (Å²) in [6, 6.07) is 0. The second-order valence-electron chi connectivity index (χ2n) is 6.60. The molecule has 0 atom stereocenters. The van der Waals surface area contributed by atoms with Gasteiger partial charge in [-0.1, -0.05) is 34.6 Å². The average molecular weight is 228 g/mol. The van der Waals surface area contributed by atoms with E-state index in [-0.39, 0.29) is 10.5 Å². The molecule has 1 rings (SSSR count). The summed E-state index contributed by atoms with van der Waals surface area (Å²) in [7, 11) is -1.73. The second-order valence-corrected chi connectivity index (χ2v) is 11.3. The van der Waals surface area contributed by atoms with Gasteiger partial charge < -0.3 is 9.16 Å². The number of hydrogen-bond donors (Lipinski definition) is 0. The number of hydrogen-bond acceptors (Lipinski definition) is 2. The Morgan fingerprint density at radius 1 is 1.33 bits per heavy atom. The van der Waals surface area contributed by atoms with Crippen LogP contribution in [0.15, 0.2) is 12.0 Å². The van der Waals surface area contributed by atoms with E-state index in [4.69, 9.17) is 9.16 Å². The maximum atomic E-state index is 6.08. The minimum absolute atomic E-state index is 0.123. The van der Waals surface area contributed by atoms with Gasteiger partial charge in [-0.05, 0) is 18.1 Å². The zero-order valence-electron chi connectivity index (χ0n) is 11.1. The zero-order valence-corrected chi connectivity index (χ0v) is 12.1. The lowest BCUT2D eigenvalue weighted by molar-refractivity contribution is 0.0999. The van der Waals surface area contributed by atoms with Gasteiger partial charge in [0.1, 0.15) is 6.61 Å². The van der Waals surface area contributed by atoms with E-state index < -0.39 is 8.32 Å². The lowest BCUT2D eigenvalue weighted by Crippen LogP contribution is -2.40. The maximum absolute atomic E-state index is 6.08. The second kappa shape index (κ2) is 3.54. The molecule has 88 valence electrons. The third kappa shape index (κ3) is 3.00.